The highest BCUT2D eigenvalue weighted by Gasteiger charge is 2.11. The quantitative estimate of drug-likeness (QED) is 0.896. The van der Waals surface area contributed by atoms with Crippen molar-refractivity contribution in [2.75, 3.05) is 0 Å². The summed E-state index contributed by atoms with van der Waals surface area (Å²) in [7, 11) is 2.10. The lowest BCUT2D eigenvalue weighted by Crippen LogP contribution is -2.17. The van der Waals surface area contributed by atoms with Crippen molar-refractivity contribution >= 4 is 0 Å². The predicted molar refractivity (Wildman–Crippen MR) is 73.6 cm³/mol. The molecule has 2 rings (SSSR count). The first-order valence-corrected chi connectivity index (χ1v) is 6.40. The van der Waals surface area contributed by atoms with Gasteiger partial charge in [-0.2, -0.15) is 0 Å². The van der Waals surface area contributed by atoms with Gasteiger partial charge in [0.15, 0.2) is 0 Å². The van der Waals surface area contributed by atoms with Gasteiger partial charge in [0, 0.05) is 25.0 Å². The summed E-state index contributed by atoms with van der Waals surface area (Å²) in [6.45, 7) is 9.26. The molecule has 1 atom stereocenters. The van der Waals surface area contributed by atoms with Crippen molar-refractivity contribution in [2.45, 2.75) is 40.3 Å². The van der Waals surface area contributed by atoms with Crippen molar-refractivity contribution in [2.24, 2.45) is 7.05 Å². The maximum Gasteiger partial charge on any atom is 0.120 e. The molecule has 1 unspecified atom stereocenters. The normalized spacial score (nSPS) is 12.9. The van der Waals surface area contributed by atoms with E-state index in [1.54, 1.807) is 0 Å². The largest absolute Gasteiger partial charge is 0.465 e. The minimum absolute atomic E-state index is 0.235. The van der Waals surface area contributed by atoms with E-state index in [4.69, 9.17) is 4.42 Å². The lowest BCUT2D eigenvalue weighted by atomic mass is 10.2. The molecule has 3 nitrogen and oxygen atoms in total. The Labute approximate surface area is 109 Å². The smallest absolute Gasteiger partial charge is 0.120 e. The fourth-order valence-electron chi connectivity index (χ4n) is 2.16. The number of aryl methyl sites for hydroxylation is 2. The Kier molecular flexibility index (Phi) is 3.62. The molecule has 0 aliphatic carbocycles. The second kappa shape index (κ2) is 5.02. The van der Waals surface area contributed by atoms with Crippen molar-refractivity contribution in [3.8, 4) is 0 Å². The summed E-state index contributed by atoms with van der Waals surface area (Å²) in [6.07, 6.45) is 0. The summed E-state index contributed by atoms with van der Waals surface area (Å²) >= 11 is 0. The third-order valence-corrected chi connectivity index (χ3v) is 3.67. The Morgan fingerprint density at radius 2 is 2.00 bits per heavy atom. The first kappa shape index (κ1) is 13.0. The van der Waals surface area contributed by atoms with Gasteiger partial charge in [-0.1, -0.05) is 0 Å². The molecule has 0 radical (unpaired) electrons. The van der Waals surface area contributed by atoms with E-state index in [1.807, 2.05) is 19.1 Å². The Balaban J connectivity index is 2.01. The van der Waals surface area contributed by atoms with E-state index in [0.29, 0.717) is 0 Å². The van der Waals surface area contributed by atoms with Crippen molar-refractivity contribution in [3.05, 3.63) is 46.7 Å². The molecule has 0 fully saturated rings. The fraction of sp³-hybridized carbons (Fsp3) is 0.467. The molecule has 0 aliphatic heterocycles. The minimum atomic E-state index is 0.235. The Morgan fingerprint density at radius 3 is 2.50 bits per heavy atom. The molecule has 0 aromatic carbocycles. The van der Waals surface area contributed by atoms with Crippen LogP contribution in [0.2, 0.25) is 0 Å². The van der Waals surface area contributed by atoms with Crippen LogP contribution in [0.1, 0.15) is 41.4 Å². The summed E-state index contributed by atoms with van der Waals surface area (Å²) in [5.74, 6) is 1.96. The third-order valence-electron chi connectivity index (χ3n) is 3.67. The minimum Gasteiger partial charge on any atom is -0.465 e. The van der Waals surface area contributed by atoms with Crippen LogP contribution in [0.5, 0.6) is 0 Å². The topological polar surface area (TPSA) is 30.1 Å². The lowest BCUT2D eigenvalue weighted by Gasteiger charge is -2.11. The van der Waals surface area contributed by atoms with E-state index in [9.17, 15) is 0 Å². The summed E-state index contributed by atoms with van der Waals surface area (Å²) in [4.78, 5) is 0. The predicted octanol–water partition coefficient (Wildman–Crippen LogP) is 3.39. The van der Waals surface area contributed by atoms with Crippen LogP contribution in [0.4, 0.5) is 0 Å². The number of nitrogens with zero attached hydrogens (tertiary/aromatic N) is 1. The van der Waals surface area contributed by atoms with E-state index < -0.39 is 0 Å². The third kappa shape index (κ3) is 2.51. The maximum absolute atomic E-state index is 5.63. The van der Waals surface area contributed by atoms with Crippen LogP contribution in [0.25, 0.3) is 0 Å². The average Bonchev–Trinajstić information content (AvgIpc) is 2.87. The highest BCUT2D eigenvalue weighted by atomic mass is 16.3. The van der Waals surface area contributed by atoms with Crippen molar-refractivity contribution in [3.63, 3.8) is 0 Å². The molecular weight excluding hydrogens is 224 g/mol. The SMILES string of the molecule is Cc1ccc(C(C)NCc2cc(C)n(C)c2C)o1. The monoisotopic (exact) mass is 246 g/mol. The van der Waals surface area contributed by atoms with Crippen LogP contribution in [0.15, 0.2) is 22.6 Å². The van der Waals surface area contributed by atoms with Gasteiger partial charge in [-0.05, 0) is 51.5 Å². The highest BCUT2D eigenvalue weighted by molar-refractivity contribution is 5.26. The van der Waals surface area contributed by atoms with Gasteiger partial charge >= 0.3 is 0 Å². The highest BCUT2D eigenvalue weighted by Crippen LogP contribution is 2.18. The summed E-state index contributed by atoms with van der Waals surface area (Å²) < 4.78 is 7.85. The number of rotatable bonds is 4. The molecular formula is C15H22N2O. The van der Waals surface area contributed by atoms with Gasteiger partial charge in [0.1, 0.15) is 11.5 Å². The summed E-state index contributed by atoms with van der Waals surface area (Å²) in [6, 6.07) is 6.52. The van der Waals surface area contributed by atoms with E-state index in [0.717, 1.165) is 18.1 Å². The second-order valence-electron chi connectivity index (χ2n) is 5.01. The van der Waals surface area contributed by atoms with Crippen molar-refractivity contribution in [1.82, 2.24) is 9.88 Å². The van der Waals surface area contributed by atoms with E-state index in [-0.39, 0.29) is 6.04 Å². The maximum atomic E-state index is 5.63. The number of nitrogens with one attached hydrogen (secondary N) is 1. The van der Waals surface area contributed by atoms with Crippen LogP contribution in [-0.4, -0.2) is 4.57 Å². The molecule has 2 aromatic rings. The fourth-order valence-corrected chi connectivity index (χ4v) is 2.16. The Bertz CT molecular complexity index is 537. The molecule has 0 amide bonds. The van der Waals surface area contributed by atoms with Crippen LogP contribution < -0.4 is 5.32 Å². The van der Waals surface area contributed by atoms with Crippen molar-refractivity contribution in [1.29, 1.82) is 0 Å². The molecule has 0 bridgehead atoms. The van der Waals surface area contributed by atoms with Gasteiger partial charge in [0.25, 0.3) is 0 Å². The van der Waals surface area contributed by atoms with Gasteiger partial charge in [0.05, 0.1) is 6.04 Å². The zero-order valence-corrected chi connectivity index (χ0v) is 11.9. The van der Waals surface area contributed by atoms with Gasteiger partial charge in [-0.15, -0.1) is 0 Å². The zero-order chi connectivity index (χ0) is 13.3. The molecule has 98 valence electrons. The average molecular weight is 246 g/mol. The van der Waals surface area contributed by atoms with Gasteiger partial charge in [-0.25, -0.2) is 0 Å². The molecule has 0 saturated heterocycles. The van der Waals surface area contributed by atoms with Crippen molar-refractivity contribution < 1.29 is 4.42 Å². The summed E-state index contributed by atoms with van der Waals surface area (Å²) in [5, 5.41) is 3.50. The molecule has 3 heteroatoms. The standard InChI is InChI=1S/C15H22N2O/c1-10-8-14(13(4)17(10)5)9-16-12(3)15-7-6-11(2)18-15/h6-8,12,16H,9H2,1-5H3. The first-order chi connectivity index (χ1) is 8.49. The van der Waals surface area contributed by atoms with Gasteiger partial charge in [0.2, 0.25) is 0 Å². The number of hydrogen-bond acceptors (Lipinski definition) is 2. The number of aromatic nitrogens is 1. The molecule has 0 aliphatic rings. The number of furan rings is 1. The molecule has 0 spiro atoms. The van der Waals surface area contributed by atoms with E-state index in [1.165, 1.54) is 17.0 Å². The molecule has 2 heterocycles. The lowest BCUT2D eigenvalue weighted by molar-refractivity contribution is 0.415. The molecule has 1 N–H and O–H groups in total. The Hall–Kier alpha value is -1.48. The van der Waals surface area contributed by atoms with Crippen LogP contribution in [-0.2, 0) is 13.6 Å². The second-order valence-corrected chi connectivity index (χ2v) is 5.01. The number of hydrogen-bond donors (Lipinski definition) is 1. The molecule has 2 aromatic heterocycles. The first-order valence-electron chi connectivity index (χ1n) is 6.40. The van der Waals surface area contributed by atoms with Gasteiger partial charge in [-0.3, -0.25) is 0 Å². The Morgan fingerprint density at radius 1 is 1.28 bits per heavy atom. The molecule has 0 saturated carbocycles. The van der Waals surface area contributed by atoms with E-state index in [2.05, 4.69) is 43.8 Å². The molecule has 18 heavy (non-hydrogen) atoms. The van der Waals surface area contributed by atoms with E-state index >= 15 is 0 Å². The summed E-state index contributed by atoms with van der Waals surface area (Å²) in [5.41, 5.74) is 3.97. The van der Waals surface area contributed by atoms with Crippen LogP contribution in [0.3, 0.4) is 0 Å². The van der Waals surface area contributed by atoms with Crippen LogP contribution in [0, 0.1) is 20.8 Å². The zero-order valence-electron chi connectivity index (χ0n) is 11.9. The van der Waals surface area contributed by atoms with Crippen LogP contribution >= 0.6 is 0 Å². The van der Waals surface area contributed by atoms with Gasteiger partial charge < -0.3 is 14.3 Å².